The molecule has 0 unspecified atom stereocenters. The number of rotatable bonds is 1. The molecule has 0 saturated carbocycles. The van der Waals surface area contributed by atoms with Crippen LogP contribution in [-0.2, 0) is 57.2 Å². The molecular formula is C25H30N2PtS2. The fourth-order valence-corrected chi connectivity index (χ4v) is 3.07. The summed E-state index contributed by atoms with van der Waals surface area (Å²) in [6.07, 6.45) is 3.75. The first kappa shape index (κ1) is 26.7. The van der Waals surface area contributed by atoms with Gasteiger partial charge in [-0.05, 0) is 53.1 Å². The molecule has 2 nitrogen and oxygen atoms in total. The number of hydrogen-bond acceptors (Lipinski definition) is 4. The number of hydrogen-bond donors (Lipinski definition) is 0. The van der Waals surface area contributed by atoms with Gasteiger partial charge >= 0.3 is 21.1 Å². The monoisotopic (exact) mass is 617 g/mol. The zero-order valence-electron chi connectivity index (χ0n) is 18.7. The van der Waals surface area contributed by atoms with E-state index >= 15 is 0 Å². The summed E-state index contributed by atoms with van der Waals surface area (Å²) in [7, 11) is 0. The topological polar surface area (TPSA) is 25.8 Å². The first-order chi connectivity index (χ1) is 13.4. The average molecular weight is 618 g/mol. The molecule has 5 heteroatoms. The molecule has 30 heavy (non-hydrogen) atoms. The Labute approximate surface area is 207 Å². The van der Waals surface area contributed by atoms with Crippen molar-refractivity contribution in [1.82, 2.24) is 9.97 Å². The van der Waals surface area contributed by atoms with Crippen LogP contribution >= 0.6 is 0 Å². The van der Waals surface area contributed by atoms with Gasteiger partial charge in [0.1, 0.15) is 0 Å². The average Bonchev–Trinajstić information content (AvgIpc) is 2.64. The summed E-state index contributed by atoms with van der Waals surface area (Å²) in [4.78, 5) is 10.5. The van der Waals surface area contributed by atoms with Crippen molar-refractivity contribution in [2.75, 3.05) is 0 Å². The molecule has 0 aliphatic rings. The van der Waals surface area contributed by atoms with E-state index in [2.05, 4.69) is 75.8 Å². The summed E-state index contributed by atoms with van der Waals surface area (Å²) < 4.78 is 0. The summed E-state index contributed by atoms with van der Waals surface area (Å²) in [6.45, 7) is 15.3. The van der Waals surface area contributed by atoms with Crippen molar-refractivity contribution in [3.05, 3.63) is 71.5 Å². The quantitative estimate of drug-likeness (QED) is 0.290. The van der Waals surface area contributed by atoms with Gasteiger partial charge < -0.3 is 25.3 Å². The molecule has 1 aromatic carbocycles. The molecule has 0 bridgehead atoms. The van der Waals surface area contributed by atoms with Crippen LogP contribution in [0.15, 0.2) is 64.6 Å². The molecule has 3 aromatic rings. The Morgan fingerprint density at radius 3 is 1.40 bits per heavy atom. The zero-order valence-corrected chi connectivity index (χ0v) is 22.6. The second kappa shape index (κ2) is 10.8. The SMILES string of the molecule is CC(C)(C)c1ccnc(-c2cc(C(C)(C)C)ccn2)c1.Cc1ccc([S-])c([S-])c1.[Pt+2]. The van der Waals surface area contributed by atoms with Gasteiger partial charge in [0, 0.05) is 12.4 Å². The predicted molar refractivity (Wildman–Crippen MR) is 127 cm³/mol. The third-order valence-corrected chi connectivity index (χ3v) is 5.44. The van der Waals surface area contributed by atoms with Gasteiger partial charge in [-0.1, -0.05) is 65.3 Å². The van der Waals surface area contributed by atoms with Crippen LogP contribution in [-0.4, -0.2) is 9.97 Å². The molecule has 2 heterocycles. The van der Waals surface area contributed by atoms with Crippen LogP contribution in [0.25, 0.3) is 11.4 Å². The fraction of sp³-hybridized carbons (Fsp3) is 0.360. The van der Waals surface area contributed by atoms with Crippen LogP contribution in [0.2, 0.25) is 0 Å². The van der Waals surface area contributed by atoms with Crippen molar-refractivity contribution < 1.29 is 21.1 Å². The van der Waals surface area contributed by atoms with E-state index < -0.39 is 0 Å². The van der Waals surface area contributed by atoms with Gasteiger partial charge in [-0.25, -0.2) is 0 Å². The van der Waals surface area contributed by atoms with Crippen LogP contribution < -0.4 is 0 Å². The van der Waals surface area contributed by atoms with E-state index in [9.17, 15) is 0 Å². The van der Waals surface area contributed by atoms with E-state index in [1.54, 1.807) is 0 Å². The zero-order chi connectivity index (χ0) is 21.8. The first-order valence-electron chi connectivity index (χ1n) is 9.76. The molecule has 0 fully saturated rings. The van der Waals surface area contributed by atoms with Gasteiger partial charge in [0.25, 0.3) is 0 Å². The molecule has 162 valence electrons. The van der Waals surface area contributed by atoms with Crippen LogP contribution in [0.5, 0.6) is 0 Å². The standard InChI is InChI=1S/C18H24N2.C7H8S2.Pt/c1-17(2,3)13-7-9-19-15(11-13)16-12-14(8-10-20-16)18(4,5)6;1-5-2-3-6(8)7(9)4-5;/h7-12H,1-6H3;2-4,8-9H,1H3;/q;;+2/p-2. The minimum atomic E-state index is 0. The summed E-state index contributed by atoms with van der Waals surface area (Å²) >= 11 is 9.85. The minimum Gasteiger partial charge on any atom is -0.781 e. The van der Waals surface area contributed by atoms with Crippen LogP contribution in [0, 0.1) is 6.92 Å². The number of pyridine rings is 2. The predicted octanol–water partition coefficient (Wildman–Crippen LogP) is 6.54. The molecule has 0 N–H and O–H groups in total. The number of benzene rings is 1. The summed E-state index contributed by atoms with van der Waals surface area (Å²) in [5, 5.41) is 0. The molecule has 0 aliphatic heterocycles. The molecule has 0 radical (unpaired) electrons. The number of nitrogens with zero attached hydrogens (tertiary/aromatic N) is 2. The fourth-order valence-electron chi connectivity index (χ4n) is 2.69. The van der Waals surface area contributed by atoms with Crippen LogP contribution in [0.3, 0.4) is 0 Å². The Morgan fingerprint density at radius 1 is 0.633 bits per heavy atom. The first-order valence-corrected chi connectivity index (χ1v) is 10.6. The summed E-state index contributed by atoms with van der Waals surface area (Å²) in [6, 6.07) is 14.2. The Bertz CT molecular complexity index is 918. The van der Waals surface area contributed by atoms with Gasteiger partial charge in [-0.3, -0.25) is 9.97 Å². The van der Waals surface area contributed by atoms with Gasteiger partial charge in [0.15, 0.2) is 0 Å². The Balaban J connectivity index is 0.000000379. The summed E-state index contributed by atoms with van der Waals surface area (Å²) in [5.41, 5.74) is 5.88. The second-order valence-electron chi connectivity index (χ2n) is 9.31. The molecular weight excluding hydrogens is 588 g/mol. The molecule has 0 saturated heterocycles. The Morgan fingerprint density at radius 2 is 1.07 bits per heavy atom. The van der Waals surface area contributed by atoms with E-state index in [1.165, 1.54) is 16.7 Å². The van der Waals surface area contributed by atoms with Gasteiger partial charge in [-0.2, -0.15) is 9.79 Å². The van der Waals surface area contributed by atoms with E-state index in [0.717, 1.165) is 21.2 Å². The molecule has 2 aromatic heterocycles. The van der Waals surface area contributed by atoms with Crippen molar-refractivity contribution in [3.8, 4) is 11.4 Å². The minimum absolute atomic E-state index is 0. The molecule has 0 aliphatic carbocycles. The Hall–Kier alpha value is -1.35. The van der Waals surface area contributed by atoms with Gasteiger partial charge in [0.2, 0.25) is 0 Å². The van der Waals surface area contributed by atoms with E-state index in [-0.39, 0.29) is 31.9 Å². The largest absolute Gasteiger partial charge is 2.00 e. The van der Waals surface area contributed by atoms with Gasteiger partial charge in [-0.15, -0.1) is 0 Å². The molecule has 0 amide bonds. The van der Waals surface area contributed by atoms with Crippen molar-refractivity contribution in [2.45, 2.75) is 69.1 Å². The molecule has 0 atom stereocenters. The molecule has 3 rings (SSSR count). The number of aryl methyl sites for hydroxylation is 1. The van der Waals surface area contributed by atoms with E-state index in [0.29, 0.717) is 0 Å². The smallest absolute Gasteiger partial charge is 0.781 e. The maximum atomic E-state index is 4.94. The van der Waals surface area contributed by atoms with Crippen molar-refractivity contribution in [3.63, 3.8) is 0 Å². The Kier molecular flexibility index (Phi) is 9.60. The van der Waals surface area contributed by atoms with Crippen LogP contribution in [0.1, 0.15) is 58.2 Å². The maximum Gasteiger partial charge on any atom is 2.00 e. The third-order valence-electron chi connectivity index (χ3n) is 4.61. The maximum absolute atomic E-state index is 4.94. The third kappa shape index (κ3) is 7.72. The van der Waals surface area contributed by atoms with E-state index in [4.69, 9.17) is 25.3 Å². The second-order valence-corrected chi connectivity index (χ2v) is 10.2. The number of aromatic nitrogens is 2. The van der Waals surface area contributed by atoms with Crippen molar-refractivity contribution >= 4 is 25.3 Å². The van der Waals surface area contributed by atoms with E-state index in [1.807, 2.05) is 37.5 Å². The van der Waals surface area contributed by atoms with Crippen LogP contribution in [0.4, 0.5) is 0 Å². The van der Waals surface area contributed by atoms with Crippen molar-refractivity contribution in [2.24, 2.45) is 0 Å². The summed E-state index contributed by atoms with van der Waals surface area (Å²) in [5.74, 6) is 0. The molecule has 0 spiro atoms. The van der Waals surface area contributed by atoms with Crippen molar-refractivity contribution in [1.29, 1.82) is 0 Å². The van der Waals surface area contributed by atoms with Gasteiger partial charge in [0.05, 0.1) is 11.4 Å². The normalized spacial score (nSPS) is 11.2.